The first kappa shape index (κ1) is 16.4. The van der Waals surface area contributed by atoms with E-state index in [2.05, 4.69) is 14.9 Å². The molecule has 0 aliphatic carbocycles. The summed E-state index contributed by atoms with van der Waals surface area (Å²) in [6, 6.07) is 3.78. The van der Waals surface area contributed by atoms with Crippen LogP contribution in [-0.2, 0) is 16.6 Å². The van der Waals surface area contributed by atoms with Gasteiger partial charge in [0, 0.05) is 19.1 Å². The Labute approximate surface area is 125 Å². The molecule has 1 unspecified atom stereocenters. The Kier molecular flexibility index (Phi) is 5.32. The summed E-state index contributed by atoms with van der Waals surface area (Å²) in [5.41, 5.74) is 0.581. The van der Waals surface area contributed by atoms with Crippen LogP contribution in [0.3, 0.4) is 0 Å². The molecule has 1 aliphatic heterocycles. The number of sulfonamides is 1. The lowest BCUT2D eigenvalue weighted by atomic mass is 10.2. The molecule has 1 aliphatic rings. The molecule has 0 saturated carbocycles. The lowest BCUT2D eigenvalue weighted by Crippen LogP contribution is -2.37. The Morgan fingerprint density at radius 1 is 1.43 bits per heavy atom. The van der Waals surface area contributed by atoms with Crippen LogP contribution in [0.25, 0.3) is 0 Å². The van der Waals surface area contributed by atoms with E-state index in [1.165, 1.54) is 12.1 Å². The maximum atomic E-state index is 13.5. The van der Waals surface area contributed by atoms with Crippen LogP contribution in [0.1, 0.15) is 18.9 Å². The molecule has 0 bridgehead atoms. The number of halogens is 1. The quantitative estimate of drug-likeness (QED) is 0.819. The third-order valence-electron chi connectivity index (χ3n) is 3.60. The second kappa shape index (κ2) is 6.83. The Morgan fingerprint density at radius 2 is 2.19 bits per heavy atom. The maximum Gasteiger partial charge on any atom is 0.241 e. The van der Waals surface area contributed by atoms with Gasteiger partial charge in [0.1, 0.15) is 5.82 Å². The van der Waals surface area contributed by atoms with Crippen LogP contribution in [0.4, 0.5) is 4.39 Å². The van der Waals surface area contributed by atoms with Crippen molar-refractivity contribution < 1.29 is 12.8 Å². The van der Waals surface area contributed by atoms with E-state index in [1.54, 1.807) is 0 Å². The molecular weight excluding hydrogens is 293 g/mol. The van der Waals surface area contributed by atoms with Crippen LogP contribution in [0, 0.1) is 5.82 Å². The van der Waals surface area contributed by atoms with E-state index >= 15 is 0 Å². The van der Waals surface area contributed by atoms with E-state index in [0.717, 1.165) is 25.6 Å². The number of hydrogen-bond donors (Lipinski definition) is 2. The van der Waals surface area contributed by atoms with Crippen molar-refractivity contribution in [2.75, 3.05) is 26.7 Å². The first-order valence-corrected chi connectivity index (χ1v) is 8.60. The molecule has 1 aromatic carbocycles. The molecule has 1 atom stereocenters. The van der Waals surface area contributed by atoms with Gasteiger partial charge in [0.05, 0.1) is 4.90 Å². The van der Waals surface area contributed by atoms with Gasteiger partial charge in [0.2, 0.25) is 10.0 Å². The van der Waals surface area contributed by atoms with E-state index in [1.807, 2.05) is 14.0 Å². The van der Waals surface area contributed by atoms with Gasteiger partial charge in [-0.05, 0) is 44.3 Å². The van der Waals surface area contributed by atoms with Crippen molar-refractivity contribution in [3.63, 3.8) is 0 Å². The van der Waals surface area contributed by atoms with Gasteiger partial charge < -0.3 is 10.2 Å². The van der Waals surface area contributed by atoms with Crippen molar-refractivity contribution in [1.29, 1.82) is 0 Å². The van der Waals surface area contributed by atoms with Gasteiger partial charge in [0.25, 0.3) is 0 Å². The highest BCUT2D eigenvalue weighted by Gasteiger charge is 2.27. The lowest BCUT2D eigenvalue weighted by molar-refractivity contribution is 0.407. The molecule has 0 spiro atoms. The van der Waals surface area contributed by atoms with Crippen LogP contribution in [0.2, 0.25) is 0 Å². The third kappa shape index (κ3) is 4.23. The number of hydrogen-bond acceptors (Lipinski definition) is 4. The standard InChI is InChI=1S/C14H22FN3O2S/c1-3-16-9-11-4-5-12(15)8-14(11)21(19,20)17-13-6-7-18(2)10-13/h4-5,8,13,16-17H,3,6-7,9-10H2,1-2H3. The summed E-state index contributed by atoms with van der Waals surface area (Å²) in [6.45, 7) is 4.59. The molecule has 2 rings (SSSR count). The first-order valence-electron chi connectivity index (χ1n) is 7.12. The average molecular weight is 315 g/mol. The number of likely N-dealkylation sites (N-methyl/N-ethyl adjacent to an activating group) is 1. The van der Waals surface area contributed by atoms with Crippen molar-refractivity contribution >= 4 is 10.0 Å². The molecule has 118 valence electrons. The van der Waals surface area contributed by atoms with Gasteiger partial charge in [-0.1, -0.05) is 13.0 Å². The van der Waals surface area contributed by atoms with Gasteiger partial charge in [-0.25, -0.2) is 17.5 Å². The van der Waals surface area contributed by atoms with Gasteiger partial charge in [0.15, 0.2) is 0 Å². The minimum absolute atomic E-state index is 0.0259. The normalized spacial score (nSPS) is 20.0. The van der Waals surface area contributed by atoms with E-state index < -0.39 is 15.8 Å². The summed E-state index contributed by atoms with van der Waals surface area (Å²) >= 11 is 0. The van der Waals surface area contributed by atoms with Crippen molar-refractivity contribution in [3.8, 4) is 0 Å². The Balaban J connectivity index is 2.23. The Hall–Kier alpha value is -1.02. The van der Waals surface area contributed by atoms with Gasteiger partial charge in [-0.3, -0.25) is 0 Å². The highest BCUT2D eigenvalue weighted by molar-refractivity contribution is 7.89. The fourth-order valence-corrected chi connectivity index (χ4v) is 4.01. The van der Waals surface area contributed by atoms with Crippen LogP contribution in [-0.4, -0.2) is 46.0 Å². The van der Waals surface area contributed by atoms with Crippen LogP contribution < -0.4 is 10.0 Å². The molecule has 0 radical (unpaired) electrons. The Bertz CT molecular complexity index is 592. The zero-order chi connectivity index (χ0) is 15.5. The SMILES string of the molecule is CCNCc1ccc(F)cc1S(=O)(=O)NC1CCN(C)C1. The molecule has 2 N–H and O–H groups in total. The fourth-order valence-electron chi connectivity index (χ4n) is 2.50. The van der Waals surface area contributed by atoms with Crippen LogP contribution in [0.15, 0.2) is 23.1 Å². The van der Waals surface area contributed by atoms with E-state index in [4.69, 9.17) is 0 Å². The van der Waals surface area contributed by atoms with E-state index in [0.29, 0.717) is 18.7 Å². The summed E-state index contributed by atoms with van der Waals surface area (Å²) in [4.78, 5) is 2.09. The van der Waals surface area contributed by atoms with E-state index in [-0.39, 0.29) is 10.9 Å². The minimum atomic E-state index is -3.71. The molecule has 5 nitrogen and oxygen atoms in total. The molecule has 0 amide bonds. The number of rotatable bonds is 6. The molecule has 1 fully saturated rings. The second-order valence-electron chi connectivity index (χ2n) is 5.40. The largest absolute Gasteiger partial charge is 0.313 e. The van der Waals surface area contributed by atoms with Crippen molar-refractivity contribution in [2.45, 2.75) is 30.8 Å². The van der Waals surface area contributed by atoms with Gasteiger partial charge in [-0.2, -0.15) is 0 Å². The smallest absolute Gasteiger partial charge is 0.241 e. The topological polar surface area (TPSA) is 61.4 Å². The van der Waals surface area contributed by atoms with E-state index in [9.17, 15) is 12.8 Å². The highest BCUT2D eigenvalue weighted by Crippen LogP contribution is 2.19. The lowest BCUT2D eigenvalue weighted by Gasteiger charge is -2.16. The predicted octanol–water partition coefficient (Wildman–Crippen LogP) is 0.918. The summed E-state index contributed by atoms with van der Waals surface area (Å²) in [5.74, 6) is -0.542. The monoisotopic (exact) mass is 315 g/mol. The number of likely N-dealkylation sites (tertiary alicyclic amines) is 1. The minimum Gasteiger partial charge on any atom is -0.313 e. The third-order valence-corrected chi connectivity index (χ3v) is 5.20. The van der Waals surface area contributed by atoms with Crippen molar-refractivity contribution in [2.24, 2.45) is 0 Å². The average Bonchev–Trinajstić information content (AvgIpc) is 2.82. The zero-order valence-corrected chi connectivity index (χ0v) is 13.2. The van der Waals surface area contributed by atoms with Gasteiger partial charge >= 0.3 is 0 Å². The number of nitrogens with one attached hydrogen (secondary N) is 2. The molecule has 1 saturated heterocycles. The second-order valence-corrected chi connectivity index (χ2v) is 7.08. The molecule has 21 heavy (non-hydrogen) atoms. The highest BCUT2D eigenvalue weighted by atomic mass is 32.2. The summed E-state index contributed by atoms with van der Waals surface area (Å²) in [5, 5.41) is 3.07. The molecule has 7 heteroatoms. The molecular formula is C14H22FN3O2S. The van der Waals surface area contributed by atoms with Crippen LogP contribution in [0.5, 0.6) is 0 Å². The van der Waals surface area contributed by atoms with Crippen molar-refractivity contribution in [1.82, 2.24) is 14.9 Å². The van der Waals surface area contributed by atoms with Crippen LogP contribution >= 0.6 is 0 Å². The zero-order valence-electron chi connectivity index (χ0n) is 12.4. The Morgan fingerprint density at radius 3 is 2.81 bits per heavy atom. The maximum absolute atomic E-state index is 13.5. The van der Waals surface area contributed by atoms with Crippen molar-refractivity contribution in [3.05, 3.63) is 29.6 Å². The number of nitrogens with zero attached hydrogens (tertiary/aromatic N) is 1. The molecule has 1 aromatic rings. The summed E-state index contributed by atoms with van der Waals surface area (Å²) < 4.78 is 41.2. The molecule has 0 aromatic heterocycles. The number of benzene rings is 1. The summed E-state index contributed by atoms with van der Waals surface area (Å²) in [7, 11) is -1.76. The first-order chi connectivity index (χ1) is 9.92. The molecule has 1 heterocycles. The fraction of sp³-hybridized carbons (Fsp3) is 0.571. The summed E-state index contributed by atoms with van der Waals surface area (Å²) in [6.07, 6.45) is 0.771. The predicted molar refractivity (Wildman–Crippen MR) is 80.0 cm³/mol. The van der Waals surface area contributed by atoms with Gasteiger partial charge in [-0.15, -0.1) is 0 Å².